The van der Waals surface area contributed by atoms with Crippen LogP contribution in [0.2, 0.25) is 0 Å². The summed E-state index contributed by atoms with van der Waals surface area (Å²) in [5, 5.41) is 12.8. The van der Waals surface area contributed by atoms with Gasteiger partial charge in [-0.3, -0.25) is 5.04 Å². The number of aryl methyl sites for hydroxylation is 1. The normalized spacial score (nSPS) is 10.1. The Hall–Kier alpha value is -0.750. The fraction of sp³-hybridized carbons (Fsp3) is 0.250. The lowest BCUT2D eigenvalue weighted by molar-refractivity contribution is -0.777. The summed E-state index contributed by atoms with van der Waals surface area (Å²) < 4.78 is 9.23. The van der Waals surface area contributed by atoms with Crippen molar-refractivity contribution in [3.63, 3.8) is 0 Å². The molecular formula is C8H9O4S-. The fourth-order valence-electron chi connectivity index (χ4n) is 0.956. The zero-order valence-corrected chi connectivity index (χ0v) is 8.09. The van der Waals surface area contributed by atoms with Gasteiger partial charge in [-0.05, 0) is 30.7 Å². The lowest BCUT2D eigenvalue weighted by atomic mass is 10.2. The van der Waals surface area contributed by atoms with Gasteiger partial charge in [-0.25, -0.2) is 0 Å². The molecule has 0 N–H and O–H groups in total. The summed E-state index contributed by atoms with van der Waals surface area (Å²) in [6.07, 6.45) is 0. The quantitative estimate of drug-likeness (QED) is 0.416. The highest BCUT2D eigenvalue weighted by atomic mass is 32.2. The summed E-state index contributed by atoms with van der Waals surface area (Å²) in [7, 11) is 1.60. The Morgan fingerprint density at radius 2 is 2.15 bits per heavy atom. The monoisotopic (exact) mass is 201 g/mol. The third-order valence-corrected chi connectivity index (χ3v) is 2.09. The second-order valence-corrected chi connectivity index (χ2v) is 3.12. The van der Waals surface area contributed by atoms with Gasteiger partial charge in [0.05, 0.1) is 19.2 Å². The topological polar surface area (TPSA) is 50.8 Å². The van der Waals surface area contributed by atoms with Crippen LogP contribution in [0.4, 0.5) is 0 Å². The summed E-state index contributed by atoms with van der Waals surface area (Å²) in [5.74, 6) is 0.799. The average molecular weight is 201 g/mol. The molecule has 72 valence electrons. The number of ether oxygens (including phenoxy) is 1. The fourth-order valence-corrected chi connectivity index (χ4v) is 1.41. The van der Waals surface area contributed by atoms with E-state index in [2.05, 4.69) is 9.37 Å². The van der Waals surface area contributed by atoms with Gasteiger partial charge < -0.3 is 9.99 Å². The molecule has 0 saturated carbocycles. The standard InChI is InChI=1S/C8H10O4S/c1-6-5-7(13-12-11-9)3-4-8(6)10-2/h3-5,9H,1-2H3/p-1. The van der Waals surface area contributed by atoms with Crippen LogP contribution in [0.3, 0.4) is 0 Å². The minimum atomic E-state index is 0.786. The van der Waals surface area contributed by atoms with Crippen molar-refractivity contribution in [2.24, 2.45) is 0 Å². The molecule has 1 aromatic rings. The summed E-state index contributed by atoms with van der Waals surface area (Å²) in [5.41, 5.74) is 0.974. The first-order chi connectivity index (χ1) is 6.27. The first-order valence-corrected chi connectivity index (χ1v) is 4.30. The molecule has 0 aliphatic rings. The smallest absolute Gasteiger partial charge is 0.121 e. The van der Waals surface area contributed by atoms with Crippen LogP contribution >= 0.6 is 12.0 Å². The van der Waals surface area contributed by atoms with E-state index in [-0.39, 0.29) is 0 Å². The Balaban J connectivity index is 2.71. The number of hydrogen-bond acceptors (Lipinski definition) is 5. The number of rotatable bonds is 4. The summed E-state index contributed by atoms with van der Waals surface area (Å²) in [6.45, 7) is 1.90. The molecule has 0 heterocycles. The van der Waals surface area contributed by atoms with E-state index in [4.69, 9.17) is 4.74 Å². The number of methoxy groups -OCH3 is 1. The van der Waals surface area contributed by atoms with Crippen molar-refractivity contribution in [2.45, 2.75) is 11.8 Å². The Morgan fingerprint density at radius 1 is 1.38 bits per heavy atom. The van der Waals surface area contributed by atoms with E-state index in [1.807, 2.05) is 13.0 Å². The third kappa shape index (κ3) is 2.89. The van der Waals surface area contributed by atoms with Crippen LogP contribution in [0.1, 0.15) is 5.56 Å². The van der Waals surface area contributed by atoms with Crippen LogP contribution in [-0.2, 0) is 9.37 Å². The summed E-state index contributed by atoms with van der Waals surface area (Å²) >= 11 is 0.863. The number of hydrogen-bond donors (Lipinski definition) is 0. The molecule has 0 unspecified atom stereocenters. The highest BCUT2D eigenvalue weighted by Crippen LogP contribution is 2.25. The van der Waals surface area contributed by atoms with Gasteiger partial charge in [0.25, 0.3) is 0 Å². The van der Waals surface area contributed by atoms with Crippen molar-refractivity contribution in [3.05, 3.63) is 23.8 Å². The minimum absolute atomic E-state index is 0.786. The van der Waals surface area contributed by atoms with E-state index in [0.717, 1.165) is 28.3 Å². The first-order valence-electron chi connectivity index (χ1n) is 3.55. The lowest BCUT2D eigenvalue weighted by Crippen LogP contribution is -2.00. The summed E-state index contributed by atoms with van der Waals surface area (Å²) in [6, 6.07) is 5.41. The van der Waals surface area contributed by atoms with E-state index in [0.29, 0.717) is 0 Å². The molecule has 0 radical (unpaired) electrons. The molecule has 4 nitrogen and oxygen atoms in total. The Morgan fingerprint density at radius 3 is 2.69 bits per heavy atom. The zero-order valence-electron chi connectivity index (χ0n) is 7.27. The highest BCUT2D eigenvalue weighted by Gasteiger charge is 2.00. The molecule has 0 fully saturated rings. The van der Waals surface area contributed by atoms with Crippen molar-refractivity contribution < 1.29 is 19.4 Å². The van der Waals surface area contributed by atoms with Gasteiger partial charge >= 0.3 is 0 Å². The van der Waals surface area contributed by atoms with Gasteiger partial charge in [0.15, 0.2) is 0 Å². The van der Waals surface area contributed by atoms with E-state index < -0.39 is 0 Å². The van der Waals surface area contributed by atoms with Crippen LogP contribution in [0.5, 0.6) is 5.75 Å². The molecular weight excluding hydrogens is 192 g/mol. The molecule has 0 aliphatic heterocycles. The second kappa shape index (κ2) is 5.08. The Kier molecular flexibility index (Phi) is 4.04. The van der Waals surface area contributed by atoms with Gasteiger partial charge in [0.1, 0.15) is 5.75 Å². The van der Waals surface area contributed by atoms with Crippen LogP contribution in [0.15, 0.2) is 23.1 Å². The molecule has 0 aromatic heterocycles. The molecule has 1 aromatic carbocycles. The largest absolute Gasteiger partial charge is 0.691 e. The van der Waals surface area contributed by atoms with Gasteiger partial charge in [-0.15, -0.1) is 0 Å². The molecule has 1 rings (SSSR count). The van der Waals surface area contributed by atoms with E-state index in [9.17, 15) is 5.26 Å². The maximum absolute atomic E-state index is 9.54. The highest BCUT2D eigenvalue weighted by molar-refractivity contribution is 7.94. The van der Waals surface area contributed by atoms with Crippen molar-refractivity contribution in [1.29, 1.82) is 0 Å². The van der Waals surface area contributed by atoms with Gasteiger partial charge in [0, 0.05) is 4.90 Å². The first kappa shape index (κ1) is 10.3. The van der Waals surface area contributed by atoms with Crippen molar-refractivity contribution >= 4 is 12.0 Å². The van der Waals surface area contributed by atoms with E-state index >= 15 is 0 Å². The number of benzene rings is 1. The van der Waals surface area contributed by atoms with Crippen molar-refractivity contribution in [3.8, 4) is 5.75 Å². The molecule has 0 amide bonds. The van der Waals surface area contributed by atoms with E-state index in [1.165, 1.54) is 0 Å². The zero-order chi connectivity index (χ0) is 9.68. The molecule has 0 bridgehead atoms. The van der Waals surface area contributed by atoms with Crippen LogP contribution in [0, 0.1) is 6.92 Å². The van der Waals surface area contributed by atoms with Gasteiger partial charge in [-0.1, -0.05) is 0 Å². The van der Waals surface area contributed by atoms with Gasteiger partial charge in [-0.2, -0.15) is 4.33 Å². The van der Waals surface area contributed by atoms with Crippen molar-refractivity contribution in [1.82, 2.24) is 0 Å². The van der Waals surface area contributed by atoms with Crippen LogP contribution in [0.25, 0.3) is 0 Å². The predicted octanol–water partition coefficient (Wildman–Crippen LogP) is 1.23. The van der Waals surface area contributed by atoms with Crippen LogP contribution < -0.4 is 9.99 Å². The predicted molar refractivity (Wildman–Crippen MR) is 45.8 cm³/mol. The minimum Gasteiger partial charge on any atom is -0.691 e. The molecule has 0 atom stereocenters. The van der Waals surface area contributed by atoms with Gasteiger partial charge in [0.2, 0.25) is 0 Å². The molecule has 0 spiro atoms. The molecule has 13 heavy (non-hydrogen) atoms. The Labute approximate surface area is 80.5 Å². The third-order valence-electron chi connectivity index (χ3n) is 1.52. The summed E-state index contributed by atoms with van der Waals surface area (Å²) in [4.78, 5) is 0.786. The molecule has 0 aliphatic carbocycles. The second-order valence-electron chi connectivity index (χ2n) is 2.35. The Bertz CT molecular complexity index is 277. The van der Waals surface area contributed by atoms with Crippen molar-refractivity contribution in [2.75, 3.05) is 7.11 Å². The average Bonchev–Trinajstić information content (AvgIpc) is 2.15. The van der Waals surface area contributed by atoms with Crippen LogP contribution in [-0.4, -0.2) is 7.11 Å². The van der Waals surface area contributed by atoms with E-state index in [1.54, 1.807) is 19.2 Å². The SMILES string of the molecule is COc1ccc(SOO[O-])cc1C. The maximum atomic E-state index is 9.54. The maximum Gasteiger partial charge on any atom is 0.121 e. The molecule has 5 heteroatoms. The lowest BCUT2D eigenvalue weighted by Gasteiger charge is -2.07. The molecule has 0 saturated heterocycles.